The number of rotatable bonds is 5. The first-order chi connectivity index (χ1) is 8.72. The molecule has 100 valence electrons. The summed E-state index contributed by atoms with van der Waals surface area (Å²) in [5.41, 5.74) is 2.34. The molecule has 0 bridgehead atoms. The maximum atomic E-state index is 6.27. The van der Waals surface area contributed by atoms with Crippen LogP contribution in [0.3, 0.4) is 0 Å². The highest BCUT2D eigenvalue weighted by atomic mass is 35.5. The average Bonchev–Trinajstić information content (AvgIpc) is 2.84. The molecule has 0 aromatic heterocycles. The maximum Gasteiger partial charge on any atom is 0.0750 e. The van der Waals surface area contributed by atoms with Gasteiger partial charge in [0.25, 0.3) is 0 Å². The zero-order valence-electron chi connectivity index (χ0n) is 11.1. The SMILES string of the molecule is CNCc1c(Cl)cccc1N(C)CC1CCCO1. The standard InChI is InChI=1S/C14H21ClN2O/c1-16-9-12-13(15)6-3-7-14(12)17(2)10-11-5-4-8-18-11/h3,6-7,11,16H,4-5,8-10H2,1-2H3. The van der Waals surface area contributed by atoms with Gasteiger partial charge in [0.15, 0.2) is 0 Å². The Bertz CT molecular complexity index is 391. The van der Waals surface area contributed by atoms with E-state index in [2.05, 4.69) is 23.3 Å². The lowest BCUT2D eigenvalue weighted by atomic mass is 10.1. The normalized spacial score (nSPS) is 19.2. The minimum Gasteiger partial charge on any atom is -0.376 e. The fraction of sp³-hybridized carbons (Fsp3) is 0.571. The first-order valence-electron chi connectivity index (χ1n) is 6.47. The Kier molecular flexibility index (Phi) is 4.87. The Morgan fingerprint density at radius 1 is 1.50 bits per heavy atom. The predicted octanol–water partition coefficient (Wildman–Crippen LogP) is 2.67. The molecule has 2 rings (SSSR count). The summed E-state index contributed by atoms with van der Waals surface area (Å²) >= 11 is 6.27. The molecular formula is C14H21ClN2O. The Morgan fingerprint density at radius 2 is 2.33 bits per heavy atom. The Labute approximate surface area is 114 Å². The van der Waals surface area contributed by atoms with Gasteiger partial charge in [-0.05, 0) is 32.0 Å². The van der Waals surface area contributed by atoms with Crippen molar-refractivity contribution in [2.24, 2.45) is 0 Å². The van der Waals surface area contributed by atoms with Gasteiger partial charge in [-0.2, -0.15) is 0 Å². The van der Waals surface area contributed by atoms with Crippen molar-refractivity contribution in [3.05, 3.63) is 28.8 Å². The molecule has 1 unspecified atom stereocenters. The summed E-state index contributed by atoms with van der Waals surface area (Å²) in [4.78, 5) is 2.24. The van der Waals surface area contributed by atoms with Gasteiger partial charge in [0.2, 0.25) is 0 Å². The smallest absolute Gasteiger partial charge is 0.0750 e. The van der Waals surface area contributed by atoms with Gasteiger partial charge >= 0.3 is 0 Å². The topological polar surface area (TPSA) is 24.5 Å². The number of anilines is 1. The van der Waals surface area contributed by atoms with E-state index >= 15 is 0 Å². The molecule has 1 saturated heterocycles. The van der Waals surface area contributed by atoms with E-state index in [-0.39, 0.29) is 0 Å². The van der Waals surface area contributed by atoms with Crippen LogP contribution in [-0.4, -0.2) is 33.4 Å². The summed E-state index contributed by atoms with van der Waals surface area (Å²) in [6.45, 7) is 2.61. The van der Waals surface area contributed by atoms with Gasteiger partial charge in [-0.15, -0.1) is 0 Å². The average molecular weight is 269 g/mol. The molecule has 1 aliphatic heterocycles. The van der Waals surface area contributed by atoms with Crippen LogP contribution in [0.15, 0.2) is 18.2 Å². The molecule has 1 aromatic carbocycles. The fourth-order valence-electron chi connectivity index (χ4n) is 2.45. The molecule has 1 aliphatic rings. The zero-order valence-corrected chi connectivity index (χ0v) is 11.8. The third-order valence-electron chi connectivity index (χ3n) is 3.36. The molecule has 1 fully saturated rings. The lowest BCUT2D eigenvalue weighted by Gasteiger charge is -2.25. The summed E-state index contributed by atoms with van der Waals surface area (Å²) < 4.78 is 5.68. The van der Waals surface area contributed by atoms with E-state index in [0.29, 0.717) is 6.10 Å². The molecule has 0 aliphatic carbocycles. The van der Waals surface area contributed by atoms with E-state index in [1.54, 1.807) is 0 Å². The van der Waals surface area contributed by atoms with Crippen molar-refractivity contribution in [1.29, 1.82) is 0 Å². The van der Waals surface area contributed by atoms with Crippen LogP contribution in [0.5, 0.6) is 0 Å². The number of hydrogen-bond acceptors (Lipinski definition) is 3. The van der Waals surface area contributed by atoms with Crippen molar-refractivity contribution in [3.63, 3.8) is 0 Å². The monoisotopic (exact) mass is 268 g/mol. The maximum absolute atomic E-state index is 6.27. The van der Waals surface area contributed by atoms with Crippen LogP contribution in [0.25, 0.3) is 0 Å². The van der Waals surface area contributed by atoms with Crippen molar-refractivity contribution in [2.75, 3.05) is 32.1 Å². The first-order valence-corrected chi connectivity index (χ1v) is 6.85. The fourth-order valence-corrected chi connectivity index (χ4v) is 2.69. The van der Waals surface area contributed by atoms with E-state index in [9.17, 15) is 0 Å². The van der Waals surface area contributed by atoms with E-state index in [1.807, 2.05) is 19.2 Å². The predicted molar refractivity (Wildman–Crippen MR) is 76.5 cm³/mol. The molecule has 1 N–H and O–H groups in total. The van der Waals surface area contributed by atoms with Crippen molar-refractivity contribution in [2.45, 2.75) is 25.5 Å². The second-order valence-corrected chi connectivity index (χ2v) is 5.19. The number of ether oxygens (including phenoxy) is 1. The van der Waals surface area contributed by atoms with Crippen LogP contribution in [0, 0.1) is 0 Å². The number of hydrogen-bond donors (Lipinski definition) is 1. The molecule has 1 aromatic rings. The number of likely N-dealkylation sites (N-methyl/N-ethyl adjacent to an activating group) is 1. The van der Waals surface area contributed by atoms with Crippen molar-refractivity contribution in [1.82, 2.24) is 5.32 Å². The minimum atomic E-state index is 0.358. The van der Waals surface area contributed by atoms with Crippen LogP contribution < -0.4 is 10.2 Å². The second-order valence-electron chi connectivity index (χ2n) is 4.78. The Balaban J connectivity index is 2.12. The quantitative estimate of drug-likeness (QED) is 0.889. The lowest BCUT2D eigenvalue weighted by molar-refractivity contribution is 0.116. The van der Waals surface area contributed by atoms with Crippen LogP contribution in [0.2, 0.25) is 5.02 Å². The number of nitrogens with one attached hydrogen (secondary N) is 1. The summed E-state index contributed by atoms with van der Waals surface area (Å²) in [6.07, 6.45) is 2.69. The number of nitrogens with zero attached hydrogens (tertiary/aromatic N) is 1. The first kappa shape index (κ1) is 13.7. The molecule has 0 spiro atoms. The van der Waals surface area contributed by atoms with Crippen molar-refractivity contribution < 1.29 is 4.74 Å². The van der Waals surface area contributed by atoms with Crippen molar-refractivity contribution in [3.8, 4) is 0 Å². The van der Waals surface area contributed by atoms with E-state index in [0.717, 1.165) is 36.7 Å². The van der Waals surface area contributed by atoms with Gasteiger partial charge in [0, 0.05) is 43.0 Å². The van der Waals surface area contributed by atoms with E-state index < -0.39 is 0 Å². The van der Waals surface area contributed by atoms with Crippen molar-refractivity contribution >= 4 is 17.3 Å². The molecule has 0 radical (unpaired) electrons. The van der Waals surface area contributed by atoms with Gasteiger partial charge in [0.05, 0.1) is 6.10 Å². The van der Waals surface area contributed by atoms with Gasteiger partial charge < -0.3 is 15.0 Å². The highest BCUT2D eigenvalue weighted by molar-refractivity contribution is 6.31. The third-order valence-corrected chi connectivity index (χ3v) is 3.71. The summed E-state index contributed by atoms with van der Waals surface area (Å²) in [5.74, 6) is 0. The van der Waals surface area contributed by atoms with Gasteiger partial charge in [-0.1, -0.05) is 17.7 Å². The van der Waals surface area contributed by atoms with E-state index in [1.165, 1.54) is 12.1 Å². The molecule has 4 heteroatoms. The van der Waals surface area contributed by atoms with Crippen LogP contribution in [0.1, 0.15) is 18.4 Å². The van der Waals surface area contributed by atoms with Gasteiger partial charge in [0.1, 0.15) is 0 Å². The Hall–Kier alpha value is -0.770. The minimum absolute atomic E-state index is 0.358. The van der Waals surface area contributed by atoms with Crippen LogP contribution >= 0.6 is 11.6 Å². The van der Waals surface area contributed by atoms with Gasteiger partial charge in [-0.3, -0.25) is 0 Å². The van der Waals surface area contributed by atoms with Crippen LogP contribution in [0.4, 0.5) is 5.69 Å². The molecule has 1 heterocycles. The summed E-state index contributed by atoms with van der Waals surface area (Å²) in [7, 11) is 4.04. The molecule has 1 atom stereocenters. The molecule has 0 amide bonds. The summed E-state index contributed by atoms with van der Waals surface area (Å²) in [6, 6.07) is 6.06. The molecule has 3 nitrogen and oxygen atoms in total. The number of benzene rings is 1. The zero-order chi connectivity index (χ0) is 13.0. The third kappa shape index (κ3) is 3.16. The molecule has 18 heavy (non-hydrogen) atoms. The summed E-state index contributed by atoms with van der Waals surface area (Å²) in [5, 5.41) is 3.99. The number of halogens is 1. The highest BCUT2D eigenvalue weighted by Gasteiger charge is 2.19. The highest BCUT2D eigenvalue weighted by Crippen LogP contribution is 2.27. The lowest BCUT2D eigenvalue weighted by Crippen LogP contribution is -2.29. The van der Waals surface area contributed by atoms with Gasteiger partial charge in [-0.25, -0.2) is 0 Å². The van der Waals surface area contributed by atoms with E-state index in [4.69, 9.17) is 16.3 Å². The second kappa shape index (κ2) is 6.41. The largest absolute Gasteiger partial charge is 0.376 e. The van der Waals surface area contributed by atoms with Crippen LogP contribution in [-0.2, 0) is 11.3 Å². The molecular weight excluding hydrogens is 248 g/mol. The Morgan fingerprint density at radius 3 is 3.00 bits per heavy atom. The molecule has 0 saturated carbocycles.